The van der Waals surface area contributed by atoms with E-state index in [0.717, 1.165) is 10.9 Å². The molecule has 19 heavy (non-hydrogen) atoms. The predicted octanol–water partition coefficient (Wildman–Crippen LogP) is 5.75. The first-order chi connectivity index (χ1) is 8.94. The maximum atomic E-state index is 6.16. The average Bonchev–Trinajstić information content (AvgIpc) is 2.68. The molecule has 1 aromatic carbocycles. The van der Waals surface area contributed by atoms with Crippen LogP contribution < -0.4 is 0 Å². The summed E-state index contributed by atoms with van der Waals surface area (Å²) in [6.07, 6.45) is 6.10. The minimum atomic E-state index is 0.449. The Hall–Kier alpha value is -0.950. The lowest BCUT2D eigenvalue weighted by molar-refractivity contribution is 0.169. The van der Waals surface area contributed by atoms with Crippen LogP contribution in [0, 0.1) is 11.3 Å². The highest BCUT2D eigenvalue weighted by Crippen LogP contribution is 2.47. The third kappa shape index (κ3) is 2.53. The molecule has 102 valence electrons. The lowest BCUT2D eigenvalue weighted by atomic mass is 9.66. The number of aromatic nitrogens is 1. The van der Waals surface area contributed by atoms with Crippen molar-refractivity contribution in [2.24, 2.45) is 11.3 Å². The number of H-pyrrole nitrogens is 1. The van der Waals surface area contributed by atoms with Crippen molar-refractivity contribution >= 4 is 22.5 Å². The summed E-state index contributed by atoms with van der Waals surface area (Å²) in [5.41, 5.74) is 3.11. The zero-order valence-electron chi connectivity index (χ0n) is 12.0. The highest BCUT2D eigenvalue weighted by molar-refractivity contribution is 6.31. The van der Waals surface area contributed by atoms with Crippen LogP contribution in [-0.4, -0.2) is 4.98 Å². The number of aromatic amines is 1. The van der Waals surface area contributed by atoms with Gasteiger partial charge in [-0.05, 0) is 60.3 Å². The van der Waals surface area contributed by atoms with Crippen molar-refractivity contribution in [3.8, 4) is 0 Å². The summed E-state index contributed by atoms with van der Waals surface area (Å²) in [7, 11) is 0. The molecule has 0 saturated heterocycles. The summed E-state index contributed by atoms with van der Waals surface area (Å²) in [4.78, 5) is 3.40. The minimum absolute atomic E-state index is 0.449. The Morgan fingerprint density at radius 1 is 1.26 bits per heavy atom. The van der Waals surface area contributed by atoms with Crippen LogP contribution in [0.2, 0.25) is 5.02 Å². The molecule has 2 unspecified atom stereocenters. The average molecular weight is 276 g/mol. The van der Waals surface area contributed by atoms with Crippen LogP contribution in [0.5, 0.6) is 0 Å². The fourth-order valence-electron chi connectivity index (χ4n) is 4.04. The fourth-order valence-corrected chi connectivity index (χ4v) is 4.21. The first-order valence-corrected chi connectivity index (χ1v) is 7.59. The summed E-state index contributed by atoms with van der Waals surface area (Å²) in [5.74, 6) is 1.46. The molecule has 1 aromatic heterocycles. The van der Waals surface area contributed by atoms with Gasteiger partial charge in [-0.3, -0.25) is 0 Å². The number of halogens is 1. The largest absolute Gasteiger partial charge is 0.361 e. The van der Waals surface area contributed by atoms with Crippen molar-refractivity contribution in [3.63, 3.8) is 0 Å². The molecule has 1 nitrogen and oxygen atoms in total. The van der Waals surface area contributed by atoms with Crippen molar-refractivity contribution in [2.45, 2.75) is 46.0 Å². The van der Waals surface area contributed by atoms with Gasteiger partial charge in [0, 0.05) is 22.1 Å². The predicted molar refractivity (Wildman–Crippen MR) is 82.8 cm³/mol. The zero-order chi connectivity index (χ0) is 13.6. The molecule has 2 atom stereocenters. The van der Waals surface area contributed by atoms with Crippen molar-refractivity contribution in [2.75, 3.05) is 0 Å². The Labute approximate surface area is 120 Å². The maximum Gasteiger partial charge on any atom is 0.0457 e. The van der Waals surface area contributed by atoms with Crippen molar-refractivity contribution in [1.82, 2.24) is 4.98 Å². The SMILES string of the molecule is CC1CC(c2c[nH]c3ccc(Cl)cc23)CC(C)(C)C1. The van der Waals surface area contributed by atoms with E-state index in [9.17, 15) is 0 Å². The summed E-state index contributed by atoms with van der Waals surface area (Å²) in [6.45, 7) is 7.19. The van der Waals surface area contributed by atoms with E-state index in [0.29, 0.717) is 11.3 Å². The van der Waals surface area contributed by atoms with Gasteiger partial charge in [0.1, 0.15) is 0 Å². The first-order valence-electron chi connectivity index (χ1n) is 7.21. The topological polar surface area (TPSA) is 15.8 Å². The molecule has 1 fully saturated rings. The standard InChI is InChI=1S/C17H22ClN/c1-11-6-12(9-17(2,3)8-11)15-10-19-16-5-4-13(18)7-14(15)16/h4-5,7,10-12,19H,6,8-9H2,1-3H3. The van der Waals surface area contributed by atoms with Crippen molar-refractivity contribution in [3.05, 3.63) is 35.0 Å². The van der Waals surface area contributed by atoms with Crippen LogP contribution in [-0.2, 0) is 0 Å². The number of benzene rings is 1. The molecule has 3 rings (SSSR count). The molecule has 1 aliphatic carbocycles. The molecule has 1 aliphatic rings. The van der Waals surface area contributed by atoms with Crippen LogP contribution in [0.1, 0.15) is 51.5 Å². The fraction of sp³-hybridized carbons (Fsp3) is 0.529. The molecule has 0 aliphatic heterocycles. The van der Waals surface area contributed by atoms with E-state index in [1.165, 1.54) is 35.7 Å². The monoisotopic (exact) mass is 275 g/mol. The van der Waals surface area contributed by atoms with Crippen LogP contribution in [0.25, 0.3) is 10.9 Å². The van der Waals surface area contributed by atoms with Gasteiger partial charge in [0.25, 0.3) is 0 Å². The zero-order valence-corrected chi connectivity index (χ0v) is 12.7. The van der Waals surface area contributed by atoms with Gasteiger partial charge in [0.15, 0.2) is 0 Å². The van der Waals surface area contributed by atoms with Gasteiger partial charge >= 0.3 is 0 Å². The van der Waals surface area contributed by atoms with Crippen LogP contribution in [0.15, 0.2) is 24.4 Å². The Morgan fingerprint density at radius 3 is 2.79 bits per heavy atom. The van der Waals surface area contributed by atoms with Crippen molar-refractivity contribution < 1.29 is 0 Å². The van der Waals surface area contributed by atoms with E-state index in [-0.39, 0.29) is 0 Å². The highest BCUT2D eigenvalue weighted by atomic mass is 35.5. The number of hydrogen-bond acceptors (Lipinski definition) is 0. The minimum Gasteiger partial charge on any atom is -0.361 e. The van der Waals surface area contributed by atoms with E-state index < -0.39 is 0 Å². The van der Waals surface area contributed by atoms with Gasteiger partial charge in [-0.15, -0.1) is 0 Å². The third-order valence-corrected chi connectivity index (χ3v) is 4.74. The molecular formula is C17H22ClN. The summed E-state index contributed by atoms with van der Waals surface area (Å²) >= 11 is 6.16. The molecule has 0 radical (unpaired) electrons. The van der Waals surface area contributed by atoms with E-state index >= 15 is 0 Å². The van der Waals surface area contributed by atoms with E-state index in [4.69, 9.17) is 11.6 Å². The number of fused-ring (bicyclic) bond motifs is 1. The highest BCUT2D eigenvalue weighted by Gasteiger charge is 2.33. The van der Waals surface area contributed by atoms with Gasteiger partial charge in [-0.1, -0.05) is 32.4 Å². The molecular weight excluding hydrogens is 254 g/mol. The van der Waals surface area contributed by atoms with Crippen LogP contribution in [0.4, 0.5) is 0 Å². The molecule has 0 spiro atoms. The first kappa shape index (κ1) is 13.1. The normalized spacial score (nSPS) is 26.7. The molecule has 1 saturated carbocycles. The summed E-state index contributed by atoms with van der Waals surface area (Å²) in [6, 6.07) is 6.14. The second-order valence-electron chi connectivity index (χ2n) is 7.04. The lowest BCUT2D eigenvalue weighted by Gasteiger charge is -2.39. The second-order valence-corrected chi connectivity index (χ2v) is 7.48. The van der Waals surface area contributed by atoms with Gasteiger partial charge in [0.05, 0.1) is 0 Å². The van der Waals surface area contributed by atoms with E-state index in [2.05, 4.69) is 44.1 Å². The van der Waals surface area contributed by atoms with Crippen molar-refractivity contribution in [1.29, 1.82) is 0 Å². The Morgan fingerprint density at radius 2 is 2.05 bits per heavy atom. The number of rotatable bonds is 1. The molecule has 0 amide bonds. The smallest absolute Gasteiger partial charge is 0.0457 e. The van der Waals surface area contributed by atoms with Gasteiger partial charge in [-0.25, -0.2) is 0 Å². The lowest BCUT2D eigenvalue weighted by Crippen LogP contribution is -2.26. The molecule has 1 heterocycles. The molecule has 1 N–H and O–H groups in total. The Bertz CT molecular complexity index is 596. The number of nitrogens with one attached hydrogen (secondary N) is 1. The molecule has 2 aromatic rings. The van der Waals surface area contributed by atoms with Gasteiger partial charge in [0.2, 0.25) is 0 Å². The summed E-state index contributed by atoms with van der Waals surface area (Å²) in [5, 5.41) is 2.14. The number of hydrogen-bond donors (Lipinski definition) is 1. The summed E-state index contributed by atoms with van der Waals surface area (Å²) < 4.78 is 0. The Balaban J connectivity index is 2.02. The molecule has 0 bridgehead atoms. The molecule has 2 heteroatoms. The van der Waals surface area contributed by atoms with Gasteiger partial charge in [-0.2, -0.15) is 0 Å². The third-order valence-electron chi connectivity index (χ3n) is 4.50. The van der Waals surface area contributed by atoms with E-state index in [1.807, 2.05) is 6.07 Å². The van der Waals surface area contributed by atoms with Crippen LogP contribution >= 0.6 is 11.6 Å². The maximum absolute atomic E-state index is 6.16. The van der Waals surface area contributed by atoms with E-state index in [1.54, 1.807) is 0 Å². The second kappa shape index (κ2) is 4.56. The Kier molecular flexibility index (Phi) is 3.13. The van der Waals surface area contributed by atoms with Crippen LogP contribution in [0.3, 0.4) is 0 Å². The van der Waals surface area contributed by atoms with Gasteiger partial charge < -0.3 is 4.98 Å². The quantitative estimate of drug-likeness (QED) is 0.682.